The van der Waals surface area contributed by atoms with Crippen LogP contribution in [0.4, 0.5) is 6.01 Å². The number of nitrogens with zero attached hydrogens (tertiary/aromatic N) is 2. The molecule has 0 aliphatic carbocycles. The number of hydrogen-bond acceptors (Lipinski definition) is 5. The van der Waals surface area contributed by atoms with E-state index in [1.54, 1.807) is 0 Å². The molecule has 2 rings (SSSR count). The minimum absolute atomic E-state index is 0.248. The van der Waals surface area contributed by atoms with Gasteiger partial charge in [-0.3, -0.25) is 0 Å². The first-order valence-electron chi connectivity index (χ1n) is 5.03. The number of rotatable bonds is 4. The number of alkyl halides is 1. The molecule has 1 aliphatic rings. The van der Waals surface area contributed by atoms with E-state index in [1.807, 2.05) is 0 Å². The van der Waals surface area contributed by atoms with Crippen molar-refractivity contribution in [2.24, 2.45) is 5.92 Å². The lowest BCUT2D eigenvalue weighted by Gasteiger charge is -2.13. The topological polar surface area (TPSA) is 60.2 Å². The van der Waals surface area contributed by atoms with E-state index in [0.29, 0.717) is 23.9 Å². The largest absolute Gasteiger partial charge is 0.407 e. The van der Waals surface area contributed by atoms with Gasteiger partial charge in [0.15, 0.2) is 0 Å². The average molecular weight is 232 g/mol. The summed E-state index contributed by atoms with van der Waals surface area (Å²) in [4.78, 5) is 0. The molecule has 0 radical (unpaired) electrons. The highest BCUT2D eigenvalue weighted by Gasteiger charge is 2.24. The van der Waals surface area contributed by atoms with Crippen molar-refractivity contribution in [2.45, 2.75) is 25.3 Å². The fraction of sp³-hybridized carbons (Fsp3) is 0.778. The zero-order valence-corrected chi connectivity index (χ0v) is 9.33. The Balaban J connectivity index is 1.82. The lowest BCUT2D eigenvalue weighted by Crippen LogP contribution is -2.20. The molecule has 2 atom stereocenters. The van der Waals surface area contributed by atoms with Gasteiger partial charge in [-0.25, -0.2) is 0 Å². The summed E-state index contributed by atoms with van der Waals surface area (Å²) in [6.45, 7) is 3.71. The SMILES string of the molecule is CC1OCCC1CNc1nnc(CCl)o1. The highest BCUT2D eigenvalue weighted by molar-refractivity contribution is 6.16. The zero-order valence-electron chi connectivity index (χ0n) is 8.57. The Kier molecular flexibility index (Phi) is 3.43. The fourth-order valence-corrected chi connectivity index (χ4v) is 1.75. The van der Waals surface area contributed by atoms with E-state index in [9.17, 15) is 0 Å². The van der Waals surface area contributed by atoms with E-state index in [2.05, 4.69) is 22.4 Å². The van der Waals surface area contributed by atoms with Crippen LogP contribution < -0.4 is 5.32 Å². The molecule has 5 nitrogen and oxygen atoms in total. The van der Waals surface area contributed by atoms with Gasteiger partial charge in [-0.1, -0.05) is 5.10 Å². The molecular weight excluding hydrogens is 218 g/mol. The summed E-state index contributed by atoms with van der Waals surface area (Å²) in [5.41, 5.74) is 0. The minimum Gasteiger partial charge on any atom is -0.407 e. The zero-order chi connectivity index (χ0) is 10.7. The van der Waals surface area contributed by atoms with Gasteiger partial charge in [-0.05, 0) is 13.3 Å². The number of hydrogen-bond donors (Lipinski definition) is 1. The van der Waals surface area contributed by atoms with Crippen LogP contribution in [-0.4, -0.2) is 29.5 Å². The van der Waals surface area contributed by atoms with E-state index in [0.717, 1.165) is 19.6 Å². The van der Waals surface area contributed by atoms with Crippen molar-refractivity contribution < 1.29 is 9.15 Å². The van der Waals surface area contributed by atoms with Crippen molar-refractivity contribution in [3.63, 3.8) is 0 Å². The quantitative estimate of drug-likeness (QED) is 0.799. The van der Waals surface area contributed by atoms with Gasteiger partial charge < -0.3 is 14.5 Å². The van der Waals surface area contributed by atoms with Crippen LogP contribution in [0.2, 0.25) is 0 Å². The van der Waals surface area contributed by atoms with Crippen molar-refractivity contribution >= 4 is 17.6 Å². The molecule has 1 N–H and O–H groups in total. The molecular formula is C9H14ClN3O2. The van der Waals surface area contributed by atoms with Gasteiger partial charge in [-0.15, -0.1) is 16.7 Å². The van der Waals surface area contributed by atoms with Crippen LogP contribution in [0.25, 0.3) is 0 Å². The maximum Gasteiger partial charge on any atom is 0.315 e. The lowest BCUT2D eigenvalue weighted by molar-refractivity contribution is 0.108. The lowest BCUT2D eigenvalue weighted by atomic mass is 10.0. The summed E-state index contributed by atoms with van der Waals surface area (Å²) < 4.78 is 10.7. The average Bonchev–Trinajstić information content (AvgIpc) is 2.84. The van der Waals surface area contributed by atoms with E-state index in [1.165, 1.54) is 0 Å². The standard InChI is InChI=1S/C9H14ClN3O2/c1-6-7(2-3-14-6)5-11-9-13-12-8(4-10)15-9/h6-7H,2-5H2,1H3,(H,11,13). The molecule has 1 aromatic heterocycles. The Morgan fingerprint density at radius 3 is 3.00 bits per heavy atom. The predicted molar refractivity (Wildman–Crippen MR) is 55.9 cm³/mol. The molecule has 6 heteroatoms. The molecule has 0 saturated carbocycles. The van der Waals surface area contributed by atoms with Crippen LogP contribution >= 0.6 is 11.6 Å². The number of anilines is 1. The van der Waals surface area contributed by atoms with Crippen molar-refractivity contribution in [2.75, 3.05) is 18.5 Å². The molecule has 84 valence electrons. The monoisotopic (exact) mass is 231 g/mol. The van der Waals surface area contributed by atoms with Crippen molar-refractivity contribution in [1.29, 1.82) is 0 Å². The molecule has 15 heavy (non-hydrogen) atoms. The van der Waals surface area contributed by atoms with Crippen molar-refractivity contribution in [1.82, 2.24) is 10.2 Å². The third-order valence-corrected chi connectivity index (χ3v) is 2.86. The van der Waals surface area contributed by atoms with Crippen LogP contribution in [0.5, 0.6) is 0 Å². The van der Waals surface area contributed by atoms with E-state index < -0.39 is 0 Å². The molecule has 0 amide bonds. The fourth-order valence-electron chi connectivity index (χ4n) is 1.64. The van der Waals surface area contributed by atoms with Gasteiger partial charge in [0.25, 0.3) is 0 Å². The van der Waals surface area contributed by atoms with E-state index in [4.69, 9.17) is 20.8 Å². The third kappa shape index (κ3) is 2.60. The van der Waals surface area contributed by atoms with Crippen molar-refractivity contribution in [3.8, 4) is 0 Å². The van der Waals surface area contributed by atoms with Gasteiger partial charge in [0.1, 0.15) is 5.88 Å². The summed E-state index contributed by atoms with van der Waals surface area (Å²) in [5, 5.41) is 10.7. The summed E-state index contributed by atoms with van der Waals surface area (Å²) in [5.74, 6) is 1.20. The molecule has 1 saturated heterocycles. The van der Waals surface area contributed by atoms with Gasteiger partial charge in [0, 0.05) is 19.1 Å². The van der Waals surface area contributed by atoms with Gasteiger partial charge in [0.05, 0.1) is 6.10 Å². The first kappa shape index (κ1) is 10.7. The Morgan fingerprint density at radius 1 is 1.53 bits per heavy atom. The first-order chi connectivity index (χ1) is 7.29. The van der Waals surface area contributed by atoms with Crippen LogP contribution in [-0.2, 0) is 10.6 Å². The Hall–Kier alpha value is -0.810. The number of nitrogens with one attached hydrogen (secondary N) is 1. The van der Waals surface area contributed by atoms with Crippen molar-refractivity contribution in [3.05, 3.63) is 5.89 Å². The first-order valence-corrected chi connectivity index (χ1v) is 5.57. The Bertz CT molecular complexity index is 318. The number of halogens is 1. The summed E-state index contributed by atoms with van der Waals surface area (Å²) >= 11 is 5.55. The molecule has 1 aromatic rings. The maximum atomic E-state index is 5.55. The third-order valence-electron chi connectivity index (χ3n) is 2.63. The predicted octanol–water partition coefficient (Wildman–Crippen LogP) is 1.65. The van der Waals surface area contributed by atoms with E-state index in [-0.39, 0.29) is 5.88 Å². The summed E-state index contributed by atoms with van der Waals surface area (Å²) in [6.07, 6.45) is 1.37. The van der Waals surface area contributed by atoms with Gasteiger partial charge in [0.2, 0.25) is 5.89 Å². The van der Waals surface area contributed by atoms with Crippen LogP contribution in [0.1, 0.15) is 19.2 Å². The second kappa shape index (κ2) is 4.81. The molecule has 1 aliphatic heterocycles. The van der Waals surface area contributed by atoms with Gasteiger partial charge >= 0.3 is 6.01 Å². The number of aromatic nitrogens is 2. The summed E-state index contributed by atoms with van der Waals surface area (Å²) in [6, 6.07) is 0.435. The smallest absolute Gasteiger partial charge is 0.315 e. The Morgan fingerprint density at radius 2 is 2.40 bits per heavy atom. The molecule has 0 bridgehead atoms. The second-order valence-electron chi connectivity index (χ2n) is 3.64. The Labute approximate surface area is 93.1 Å². The molecule has 0 spiro atoms. The van der Waals surface area contributed by atoms with Crippen LogP contribution in [0.3, 0.4) is 0 Å². The summed E-state index contributed by atoms with van der Waals surface area (Å²) in [7, 11) is 0. The second-order valence-corrected chi connectivity index (χ2v) is 3.91. The maximum absolute atomic E-state index is 5.55. The van der Waals surface area contributed by atoms with Crippen LogP contribution in [0, 0.1) is 5.92 Å². The molecule has 1 fully saturated rings. The highest BCUT2D eigenvalue weighted by atomic mass is 35.5. The minimum atomic E-state index is 0.248. The molecule has 2 unspecified atom stereocenters. The normalized spacial score (nSPS) is 25.7. The molecule has 0 aromatic carbocycles. The van der Waals surface area contributed by atoms with E-state index >= 15 is 0 Å². The molecule has 2 heterocycles. The van der Waals surface area contributed by atoms with Gasteiger partial charge in [-0.2, -0.15) is 0 Å². The highest BCUT2D eigenvalue weighted by Crippen LogP contribution is 2.20. The number of ether oxygens (including phenoxy) is 1. The van der Waals surface area contributed by atoms with Crippen LogP contribution in [0.15, 0.2) is 4.42 Å².